The Morgan fingerprint density at radius 2 is 1.96 bits per heavy atom. The van der Waals surface area contributed by atoms with E-state index in [1.165, 1.54) is 4.90 Å². The van der Waals surface area contributed by atoms with Crippen molar-refractivity contribution in [2.45, 2.75) is 30.7 Å². The molecule has 0 aromatic heterocycles. The largest absolute Gasteiger partial charge is 0.492 e. The topological polar surface area (TPSA) is 53.0 Å². The molecule has 0 atom stereocenters. The van der Waals surface area contributed by atoms with E-state index in [0.717, 1.165) is 44.8 Å². The zero-order chi connectivity index (χ0) is 17.4. The molecule has 1 aromatic carbocycles. The van der Waals surface area contributed by atoms with Gasteiger partial charge in [-0.05, 0) is 63.0 Å². The molecule has 25 heavy (non-hydrogen) atoms. The Bertz CT molecular complexity index is 508. The van der Waals surface area contributed by atoms with Gasteiger partial charge in [0.2, 0.25) is 0 Å². The number of hydrogen-bond donors (Lipinski definition) is 1. The first-order chi connectivity index (χ1) is 11.6. The fraction of sp³-hybridized carbons (Fsp3) is 0.611. The summed E-state index contributed by atoms with van der Waals surface area (Å²) in [6, 6.07) is 8.58. The minimum atomic E-state index is -0.736. The lowest BCUT2D eigenvalue weighted by molar-refractivity contribution is -0.139. The summed E-state index contributed by atoms with van der Waals surface area (Å²) >= 11 is 1.73. The third-order valence-corrected chi connectivity index (χ3v) is 5.30. The van der Waals surface area contributed by atoms with Crippen molar-refractivity contribution in [3.63, 3.8) is 0 Å². The van der Waals surface area contributed by atoms with Crippen LogP contribution in [0, 0.1) is 0 Å². The van der Waals surface area contributed by atoms with Gasteiger partial charge in [-0.25, -0.2) is 0 Å². The highest BCUT2D eigenvalue weighted by atomic mass is 35.5. The van der Waals surface area contributed by atoms with Gasteiger partial charge in [-0.1, -0.05) is 6.92 Å². The highest BCUT2D eigenvalue weighted by molar-refractivity contribution is 7.98. The van der Waals surface area contributed by atoms with E-state index in [1.807, 2.05) is 19.1 Å². The maximum absolute atomic E-state index is 10.9. The van der Waals surface area contributed by atoms with Crippen molar-refractivity contribution in [1.82, 2.24) is 9.80 Å². The van der Waals surface area contributed by atoms with Crippen molar-refractivity contribution in [2.24, 2.45) is 0 Å². The van der Waals surface area contributed by atoms with Gasteiger partial charge in [0.1, 0.15) is 12.4 Å². The average Bonchev–Trinajstić information content (AvgIpc) is 2.61. The van der Waals surface area contributed by atoms with Crippen LogP contribution in [0.1, 0.15) is 19.8 Å². The Hall–Kier alpha value is -0.950. The Morgan fingerprint density at radius 3 is 2.48 bits per heavy atom. The molecule has 0 bridgehead atoms. The number of carboxylic acid groups (broad SMARTS) is 1. The average molecular weight is 389 g/mol. The molecule has 0 saturated carbocycles. The van der Waals surface area contributed by atoms with Crippen LogP contribution in [0.4, 0.5) is 0 Å². The molecule has 0 unspecified atom stereocenters. The Balaban J connectivity index is 0.00000312. The van der Waals surface area contributed by atoms with E-state index in [1.54, 1.807) is 11.8 Å². The number of ether oxygens (including phenoxy) is 1. The van der Waals surface area contributed by atoms with Crippen molar-refractivity contribution in [3.05, 3.63) is 24.3 Å². The summed E-state index contributed by atoms with van der Waals surface area (Å²) in [7, 11) is 0. The van der Waals surface area contributed by atoms with Gasteiger partial charge in [-0.2, -0.15) is 0 Å². The van der Waals surface area contributed by atoms with Gasteiger partial charge in [0.05, 0.1) is 6.54 Å². The SMILES string of the molecule is CCN(CC(=O)O)C1CCN(CCOc2ccc(SC)cc2)CC1.Cl. The molecule has 1 heterocycles. The molecule has 2 rings (SSSR count). The monoisotopic (exact) mass is 388 g/mol. The summed E-state index contributed by atoms with van der Waals surface area (Å²) < 4.78 is 5.82. The number of halogens is 1. The van der Waals surface area contributed by atoms with Crippen molar-refractivity contribution in [3.8, 4) is 5.75 Å². The second-order valence-electron chi connectivity index (χ2n) is 6.05. The van der Waals surface area contributed by atoms with Crippen LogP contribution >= 0.6 is 24.2 Å². The first-order valence-electron chi connectivity index (χ1n) is 8.57. The van der Waals surface area contributed by atoms with Gasteiger partial charge in [0.25, 0.3) is 0 Å². The Kier molecular flexibility index (Phi) is 10.3. The van der Waals surface area contributed by atoms with Crippen molar-refractivity contribution in [1.29, 1.82) is 0 Å². The van der Waals surface area contributed by atoms with Crippen molar-refractivity contribution in [2.75, 3.05) is 45.6 Å². The van der Waals surface area contributed by atoms with Gasteiger partial charge in [-0.15, -0.1) is 24.2 Å². The number of rotatable bonds is 9. The second kappa shape index (κ2) is 11.6. The molecule has 0 aliphatic carbocycles. The fourth-order valence-corrected chi connectivity index (χ4v) is 3.55. The van der Waals surface area contributed by atoms with Crippen molar-refractivity contribution < 1.29 is 14.6 Å². The smallest absolute Gasteiger partial charge is 0.317 e. The summed E-state index contributed by atoms with van der Waals surface area (Å²) in [5.41, 5.74) is 0. The predicted octanol–water partition coefficient (Wildman–Crippen LogP) is 3.08. The van der Waals surface area contributed by atoms with Gasteiger partial charge in [0.15, 0.2) is 0 Å². The number of nitrogens with zero attached hydrogens (tertiary/aromatic N) is 2. The third kappa shape index (κ3) is 7.44. The van der Waals surface area contributed by atoms with Crippen molar-refractivity contribution >= 4 is 30.1 Å². The number of carboxylic acids is 1. The van der Waals surface area contributed by atoms with Crippen LogP contribution in [0.25, 0.3) is 0 Å². The summed E-state index contributed by atoms with van der Waals surface area (Å²) in [4.78, 5) is 16.6. The number of piperidine rings is 1. The molecule has 1 aliphatic heterocycles. The van der Waals surface area contributed by atoms with Crippen LogP contribution in [0.2, 0.25) is 0 Å². The molecule has 1 saturated heterocycles. The van der Waals surface area contributed by atoms with Crippen LogP contribution < -0.4 is 4.74 Å². The van der Waals surface area contributed by atoms with E-state index in [2.05, 4.69) is 28.2 Å². The lowest BCUT2D eigenvalue weighted by Crippen LogP contribution is -2.47. The summed E-state index contributed by atoms with van der Waals surface area (Å²) in [6.07, 6.45) is 4.13. The molecule has 7 heteroatoms. The van der Waals surface area contributed by atoms with Gasteiger partial charge < -0.3 is 9.84 Å². The van der Waals surface area contributed by atoms with E-state index in [9.17, 15) is 4.79 Å². The normalized spacial score (nSPS) is 15.8. The highest BCUT2D eigenvalue weighted by Gasteiger charge is 2.24. The number of hydrogen-bond acceptors (Lipinski definition) is 5. The van der Waals surface area contributed by atoms with Crippen LogP contribution in [-0.4, -0.2) is 72.5 Å². The number of likely N-dealkylation sites (N-methyl/N-ethyl adjacent to an activating group) is 1. The number of thioether (sulfide) groups is 1. The fourth-order valence-electron chi connectivity index (χ4n) is 3.15. The number of benzene rings is 1. The molecule has 1 fully saturated rings. The van der Waals surface area contributed by atoms with Gasteiger partial charge >= 0.3 is 5.97 Å². The summed E-state index contributed by atoms with van der Waals surface area (Å²) in [6.45, 7) is 6.61. The quantitative estimate of drug-likeness (QED) is 0.656. The van der Waals surface area contributed by atoms with E-state index in [0.29, 0.717) is 12.6 Å². The summed E-state index contributed by atoms with van der Waals surface area (Å²) in [5, 5.41) is 8.99. The Morgan fingerprint density at radius 1 is 1.32 bits per heavy atom. The minimum Gasteiger partial charge on any atom is -0.492 e. The van der Waals surface area contributed by atoms with E-state index >= 15 is 0 Å². The molecule has 1 aliphatic rings. The summed E-state index contributed by atoms with van der Waals surface area (Å²) in [5.74, 6) is 0.182. The molecule has 0 radical (unpaired) electrons. The maximum atomic E-state index is 10.9. The Labute approximate surface area is 161 Å². The molecular formula is C18H29ClN2O3S. The van der Waals surface area contributed by atoms with Crippen LogP contribution in [0.3, 0.4) is 0 Å². The maximum Gasteiger partial charge on any atom is 0.317 e. The second-order valence-corrected chi connectivity index (χ2v) is 6.93. The standard InChI is InChI=1S/C18H28N2O3S.ClH/c1-3-20(14-18(21)22)15-8-10-19(11-9-15)12-13-23-16-4-6-17(24-2)7-5-16;/h4-7,15H,3,8-14H2,1-2H3,(H,21,22);1H. The van der Waals surface area contributed by atoms with Gasteiger partial charge in [0, 0.05) is 17.5 Å². The molecule has 5 nitrogen and oxygen atoms in total. The molecular weight excluding hydrogens is 360 g/mol. The zero-order valence-electron chi connectivity index (χ0n) is 15.0. The lowest BCUT2D eigenvalue weighted by Gasteiger charge is -2.37. The molecule has 1 aromatic rings. The van der Waals surface area contributed by atoms with Gasteiger partial charge in [-0.3, -0.25) is 14.6 Å². The lowest BCUT2D eigenvalue weighted by atomic mass is 10.0. The van der Waals surface area contributed by atoms with Crippen LogP contribution in [0.5, 0.6) is 5.75 Å². The molecule has 142 valence electrons. The number of aliphatic carboxylic acids is 1. The van der Waals surface area contributed by atoms with E-state index in [-0.39, 0.29) is 19.0 Å². The third-order valence-electron chi connectivity index (χ3n) is 4.55. The minimum absolute atomic E-state index is 0. The van der Waals surface area contributed by atoms with E-state index in [4.69, 9.17) is 9.84 Å². The molecule has 0 spiro atoms. The first kappa shape index (κ1) is 22.1. The predicted molar refractivity (Wildman–Crippen MR) is 105 cm³/mol. The first-order valence-corrected chi connectivity index (χ1v) is 9.80. The molecule has 1 N–H and O–H groups in total. The highest BCUT2D eigenvalue weighted by Crippen LogP contribution is 2.19. The van der Waals surface area contributed by atoms with Crippen LogP contribution in [-0.2, 0) is 4.79 Å². The number of carbonyl (C=O) groups is 1. The van der Waals surface area contributed by atoms with Crippen LogP contribution in [0.15, 0.2) is 29.2 Å². The number of likely N-dealkylation sites (tertiary alicyclic amines) is 1. The van der Waals surface area contributed by atoms with E-state index < -0.39 is 5.97 Å². The zero-order valence-corrected chi connectivity index (χ0v) is 16.7. The molecule has 0 amide bonds.